The molecule has 0 aliphatic heterocycles. The topological polar surface area (TPSA) is 108 Å². The van der Waals surface area contributed by atoms with Crippen molar-refractivity contribution in [3.8, 4) is 0 Å². The van der Waals surface area contributed by atoms with E-state index in [1.807, 2.05) is 6.07 Å². The third-order valence-corrected chi connectivity index (χ3v) is 4.48. The van der Waals surface area contributed by atoms with Crippen molar-refractivity contribution in [2.75, 3.05) is 7.05 Å². The van der Waals surface area contributed by atoms with E-state index in [1.54, 1.807) is 18.4 Å². The van der Waals surface area contributed by atoms with E-state index < -0.39 is 29.2 Å². The molecule has 25 heavy (non-hydrogen) atoms. The lowest BCUT2D eigenvalue weighted by atomic mass is 9.52. The van der Waals surface area contributed by atoms with Crippen molar-refractivity contribution < 1.29 is 19.5 Å². The molecule has 2 aromatic heterocycles. The van der Waals surface area contributed by atoms with Gasteiger partial charge in [-0.05, 0) is 18.2 Å². The Morgan fingerprint density at radius 3 is 2.68 bits per heavy atom. The number of aldehydes is 1. The molecule has 4 radical (unpaired) electrons. The van der Waals surface area contributed by atoms with Crippen LogP contribution in [0.3, 0.4) is 0 Å². The van der Waals surface area contributed by atoms with E-state index in [0.29, 0.717) is 11.2 Å². The van der Waals surface area contributed by atoms with Gasteiger partial charge in [-0.2, -0.15) is 0 Å². The number of nitrogens with zero attached hydrogens (tertiary/aromatic N) is 1. The number of likely N-dealkylation sites (N-methyl/N-ethyl adjacent to an activating group) is 1. The highest BCUT2D eigenvalue weighted by atomic mass is 32.1. The average Bonchev–Trinajstić information content (AvgIpc) is 2.96. The molecule has 1 unspecified atom stereocenters. The minimum atomic E-state index is -2.46. The van der Waals surface area contributed by atoms with Crippen molar-refractivity contribution in [1.82, 2.24) is 15.6 Å². The summed E-state index contributed by atoms with van der Waals surface area (Å²) < 4.78 is 0. The summed E-state index contributed by atoms with van der Waals surface area (Å²) in [7, 11) is 12.3. The van der Waals surface area contributed by atoms with Crippen LogP contribution >= 0.6 is 11.3 Å². The number of fused-ring (bicyclic) bond motifs is 1. The van der Waals surface area contributed by atoms with Gasteiger partial charge in [0.1, 0.15) is 11.2 Å². The van der Waals surface area contributed by atoms with E-state index in [1.165, 1.54) is 7.05 Å². The number of amides is 2. The van der Waals surface area contributed by atoms with Crippen LogP contribution in [0.4, 0.5) is 0 Å². The highest BCUT2D eigenvalue weighted by Crippen LogP contribution is 2.28. The zero-order valence-corrected chi connectivity index (χ0v) is 14.5. The number of nitrogens with one attached hydrogen (secondary N) is 2. The van der Waals surface area contributed by atoms with E-state index in [9.17, 15) is 19.5 Å². The first-order valence-electron chi connectivity index (χ1n) is 7.28. The normalized spacial score (nSPS) is 13.9. The summed E-state index contributed by atoms with van der Waals surface area (Å²) in [5, 5.41) is 15.5. The van der Waals surface area contributed by atoms with E-state index in [4.69, 9.17) is 15.7 Å². The fraction of sp³-hybridized carbons (Fsp3) is 0.333. The zero-order chi connectivity index (χ0) is 18.8. The van der Waals surface area contributed by atoms with Crippen LogP contribution in [-0.4, -0.2) is 56.7 Å². The van der Waals surface area contributed by atoms with Crippen LogP contribution in [0.1, 0.15) is 21.8 Å². The van der Waals surface area contributed by atoms with Crippen LogP contribution in [0, 0.1) is 6.92 Å². The van der Waals surface area contributed by atoms with Gasteiger partial charge in [-0.3, -0.25) is 14.6 Å². The molecular weight excluding hydrogens is 340 g/mol. The highest BCUT2D eigenvalue weighted by Gasteiger charge is 2.42. The molecule has 2 amide bonds. The van der Waals surface area contributed by atoms with Gasteiger partial charge in [-0.1, -0.05) is 6.07 Å². The third-order valence-electron chi connectivity index (χ3n) is 3.50. The van der Waals surface area contributed by atoms with Crippen LogP contribution < -0.4 is 10.6 Å². The molecule has 2 rings (SSSR count). The Labute approximate surface area is 151 Å². The lowest BCUT2D eigenvalue weighted by molar-refractivity contribution is -0.143. The summed E-state index contributed by atoms with van der Waals surface area (Å²) in [6.07, 6.45) is -0.511. The van der Waals surface area contributed by atoms with Crippen molar-refractivity contribution >= 4 is 56.0 Å². The number of carbonyl (C=O) groups excluding carboxylic acids is 3. The standard InChI is InChI=1S/C15H15B2N3O4S/c1-8-3-4-9-5-25-11(10(9)19-8)12(22)20-15(24,13(23)18-2)6-14(16,17)7-21/h3-5,7,24H,6H2,1-2H3,(H,18,23)(H,20,22). The van der Waals surface area contributed by atoms with Crippen molar-refractivity contribution in [2.24, 2.45) is 0 Å². The average molecular weight is 355 g/mol. The smallest absolute Gasteiger partial charge is 0.272 e. The molecule has 3 N–H and O–H groups in total. The predicted molar refractivity (Wildman–Crippen MR) is 95.7 cm³/mol. The molecule has 0 aliphatic rings. The van der Waals surface area contributed by atoms with Crippen LogP contribution in [0.2, 0.25) is 5.21 Å². The largest absolute Gasteiger partial charge is 0.363 e. The number of aliphatic hydroxyl groups is 1. The quantitative estimate of drug-likeness (QED) is 0.378. The molecule has 0 aliphatic carbocycles. The second-order valence-electron chi connectivity index (χ2n) is 5.76. The molecule has 7 nitrogen and oxygen atoms in total. The third kappa shape index (κ3) is 4.08. The van der Waals surface area contributed by atoms with Gasteiger partial charge in [0, 0.05) is 29.9 Å². The first-order valence-corrected chi connectivity index (χ1v) is 8.16. The van der Waals surface area contributed by atoms with E-state index in [2.05, 4.69) is 15.6 Å². The molecule has 10 heteroatoms. The molecule has 0 aromatic carbocycles. The fourth-order valence-electron chi connectivity index (χ4n) is 2.30. The summed E-state index contributed by atoms with van der Waals surface area (Å²) >= 11 is 1.11. The minimum absolute atomic E-state index is 0.193. The van der Waals surface area contributed by atoms with Gasteiger partial charge in [0.05, 0.1) is 21.2 Å². The van der Waals surface area contributed by atoms with E-state index in [0.717, 1.165) is 16.7 Å². The van der Waals surface area contributed by atoms with E-state index in [-0.39, 0.29) is 11.2 Å². The van der Waals surface area contributed by atoms with Gasteiger partial charge in [0.2, 0.25) is 5.72 Å². The molecule has 126 valence electrons. The van der Waals surface area contributed by atoms with Crippen molar-refractivity contribution in [3.63, 3.8) is 0 Å². The number of carbonyl (C=O) groups is 3. The maximum absolute atomic E-state index is 12.6. The number of aryl methyl sites for hydroxylation is 1. The van der Waals surface area contributed by atoms with Crippen LogP contribution in [-0.2, 0) is 9.59 Å². The molecule has 0 saturated carbocycles. The zero-order valence-electron chi connectivity index (χ0n) is 13.7. The number of aromatic nitrogens is 1. The molecule has 0 bridgehead atoms. The Hall–Kier alpha value is -2.19. The van der Waals surface area contributed by atoms with Gasteiger partial charge in [-0.15, -0.1) is 11.3 Å². The predicted octanol–water partition coefficient (Wildman–Crippen LogP) is -0.189. The van der Waals surface area contributed by atoms with Crippen LogP contribution in [0.5, 0.6) is 0 Å². The summed E-state index contributed by atoms with van der Waals surface area (Å²) in [6.45, 7) is 1.78. The van der Waals surface area contributed by atoms with Gasteiger partial charge in [-0.25, -0.2) is 0 Å². The lowest BCUT2D eigenvalue weighted by Gasteiger charge is -2.32. The van der Waals surface area contributed by atoms with Gasteiger partial charge >= 0.3 is 0 Å². The Balaban J connectivity index is 2.37. The summed E-state index contributed by atoms with van der Waals surface area (Å²) in [6, 6.07) is 3.62. The number of hydrogen-bond donors (Lipinski definition) is 3. The summed E-state index contributed by atoms with van der Waals surface area (Å²) in [5.41, 5.74) is -1.30. The molecule has 0 fully saturated rings. The van der Waals surface area contributed by atoms with E-state index >= 15 is 0 Å². The number of hydrogen-bond acceptors (Lipinski definition) is 6. The molecule has 1 atom stereocenters. The molecule has 2 heterocycles. The fourth-order valence-corrected chi connectivity index (χ4v) is 3.17. The SMILES string of the molecule is [B]C([B])(C=O)CC(O)(NC(=O)c1scc2ccc(C)nc12)C(=O)NC. The first kappa shape index (κ1) is 19.1. The Morgan fingerprint density at radius 1 is 1.40 bits per heavy atom. The second-order valence-corrected chi connectivity index (χ2v) is 6.64. The number of thiophene rings is 1. The Bertz CT molecular complexity index is 839. The number of pyridine rings is 1. The maximum Gasteiger partial charge on any atom is 0.272 e. The highest BCUT2D eigenvalue weighted by molar-refractivity contribution is 7.13. The monoisotopic (exact) mass is 355 g/mol. The lowest BCUT2D eigenvalue weighted by Crippen LogP contribution is -2.60. The van der Waals surface area contributed by atoms with Crippen LogP contribution in [0.25, 0.3) is 10.9 Å². The molecular formula is C15H15B2N3O4S. The van der Waals surface area contributed by atoms with Gasteiger partial charge in [0.15, 0.2) is 0 Å². The first-order chi connectivity index (χ1) is 11.6. The van der Waals surface area contributed by atoms with Crippen molar-refractivity contribution in [3.05, 3.63) is 28.1 Å². The summed E-state index contributed by atoms with van der Waals surface area (Å²) in [4.78, 5) is 40.1. The van der Waals surface area contributed by atoms with Gasteiger partial charge in [0.25, 0.3) is 11.8 Å². The van der Waals surface area contributed by atoms with Crippen molar-refractivity contribution in [1.29, 1.82) is 0 Å². The molecule has 0 saturated heterocycles. The second kappa shape index (κ2) is 6.97. The minimum Gasteiger partial charge on any atom is -0.363 e. The summed E-state index contributed by atoms with van der Waals surface area (Å²) in [5.74, 6) is -1.68. The Morgan fingerprint density at radius 2 is 2.08 bits per heavy atom. The van der Waals surface area contributed by atoms with Crippen LogP contribution in [0.15, 0.2) is 17.5 Å². The van der Waals surface area contributed by atoms with Crippen molar-refractivity contribution in [2.45, 2.75) is 24.3 Å². The maximum atomic E-state index is 12.6. The molecule has 0 spiro atoms. The Kier molecular flexibility index (Phi) is 5.34. The molecule has 2 aromatic rings. The van der Waals surface area contributed by atoms with Gasteiger partial charge < -0.3 is 20.5 Å². The number of rotatable bonds is 6.